The molecule has 3 atom stereocenters. The monoisotopic (exact) mass is 240 g/mol. The summed E-state index contributed by atoms with van der Waals surface area (Å²) in [4.78, 5) is 12.0. The maximum absolute atomic E-state index is 12.0. The summed E-state index contributed by atoms with van der Waals surface area (Å²) in [5, 5.41) is 10.7. The maximum Gasteiger partial charge on any atom is 0.164 e. The Bertz CT molecular complexity index is 336. The average Bonchev–Trinajstić information content (AvgIpc) is 2.87. The van der Waals surface area contributed by atoms with E-state index in [2.05, 4.69) is 0 Å². The molecule has 1 aliphatic heterocycles. The van der Waals surface area contributed by atoms with Gasteiger partial charge in [-0.2, -0.15) is 0 Å². The van der Waals surface area contributed by atoms with E-state index in [0.29, 0.717) is 26.1 Å². The van der Waals surface area contributed by atoms with E-state index in [1.165, 1.54) is 0 Å². The summed E-state index contributed by atoms with van der Waals surface area (Å²) in [7, 11) is 0. The molecule has 0 radical (unpaired) electrons. The first kappa shape index (κ1) is 11.6. The van der Waals surface area contributed by atoms with E-state index < -0.39 is 5.60 Å². The average molecular weight is 240 g/mol. The number of hydrogen-bond donors (Lipinski definition) is 1. The molecule has 1 N–H and O–H groups in total. The highest BCUT2D eigenvalue weighted by Crippen LogP contribution is 2.58. The fourth-order valence-electron chi connectivity index (χ4n) is 3.99. The topological polar surface area (TPSA) is 55.8 Å². The van der Waals surface area contributed by atoms with E-state index in [4.69, 9.17) is 9.47 Å². The van der Waals surface area contributed by atoms with Crippen LogP contribution in [0.2, 0.25) is 0 Å². The van der Waals surface area contributed by atoms with Crippen LogP contribution in [-0.2, 0) is 14.3 Å². The summed E-state index contributed by atoms with van der Waals surface area (Å²) in [6, 6.07) is 0. The summed E-state index contributed by atoms with van der Waals surface area (Å²) >= 11 is 0. The van der Waals surface area contributed by atoms with E-state index in [9.17, 15) is 9.90 Å². The number of hydrogen-bond acceptors (Lipinski definition) is 4. The molecule has 3 aliphatic rings. The highest BCUT2D eigenvalue weighted by atomic mass is 16.7. The lowest BCUT2D eigenvalue weighted by atomic mass is 9.62. The van der Waals surface area contributed by atoms with Crippen molar-refractivity contribution in [3.05, 3.63) is 0 Å². The Morgan fingerprint density at radius 3 is 2.71 bits per heavy atom. The van der Waals surface area contributed by atoms with Gasteiger partial charge in [0.15, 0.2) is 12.1 Å². The molecule has 4 heteroatoms. The summed E-state index contributed by atoms with van der Waals surface area (Å²) < 4.78 is 11.2. The van der Waals surface area contributed by atoms with Gasteiger partial charge in [0, 0.05) is 17.8 Å². The minimum absolute atomic E-state index is 0.0201. The van der Waals surface area contributed by atoms with Crippen LogP contribution < -0.4 is 0 Å². The molecule has 2 aliphatic carbocycles. The number of carbonyl (C=O) groups excluding carboxylic acids is 1. The molecule has 0 unspecified atom stereocenters. The van der Waals surface area contributed by atoms with Crippen LogP contribution in [0.4, 0.5) is 0 Å². The highest BCUT2D eigenvalue weighted by Gasteiger charge is 2.63. The van der Waals surface area contributed by atoms with Crippen LogP contribution in [0.25, 0.3) is 0 Å². The summed E-state index contributed by atoms with van der Waals surface area (Å²) in [5.41, 5.74) is -1.50. The largest absolute Gasteiger partial charge is 0.381 e. The van der Waals surface area contributed by atoms with Gasteiger partial charge in [-0.3, -0.25) is 4.79 Å². The number of ketones is 1. The van der Waals surface area contributed by atoms with Crippen molar-refractivity contribution >= 4 is 5.78 Å². The molecule has 1 heterocycles. The Morgan fingerprint density at radius 2 is 2.00 bits per heavy atom. The lowest BCUT2D eigenvalue weighted by molar-refractivity contribution is -0.174. The first-order valence-corrected chi connectivity index (χ1v) is 6.57. The van der Waals surface area contributed by atoms with Crippen molar-refractivity contribution < 1.29 is 19.4 Å². The second-order valence-electron chi connectivity index (χ2n) is 5.81. The first-order valence-electron chi connectivity index (χ1n) is 6.57. The molecule has 1 saturated heterocycles. The van der Waals surface area contributed by atoms with E-state index >= 15 is 0 Å². The minimum Gasteiger partial charge on any atom is -0.381 e. The van der Waals surface area contributed by atoms with Gasteiger partial charge < -0.3 is 14.6 Å². The molecule has 3 rings (SSSR count). The summed E-state index contributed by atoms with van der Waals surface area (Å²) in [6.45, 7) is 3.29. The third-order valence-corrected chi connectivity index (χ3v) is 5.12. The zero-order valence-corrected chi connectivity index (χ0v) is 10.3. The molecular weight excluding hydrogens is 220 g/mol. The minimum atomic E-state index is -1.13. The smallest absolute Gasteiger partial charge is 0.164 e. The van der Waals surface area contributed by atoms with Crippen LogP contribution in [0.1, 0.15) is 39.0 Å². The number of ether oxygens (including phenoxy) is 2. The summed E-state index contributed by atoms with van der Waals surface area (Å²) in [5.74, 6) is 0.172. The van der Waals surface area contributed by atoms with Gasteiger partial charge in [-0.05, 0) is 25.7 Å². The lowest BCUT2D eigenvalue weighted by Crippen LogP contribution is -2.55. The quantitative estimate of drug-likeness (QED) is 0.749. The van der Waals surface area contributed by atoms with E-state index in [1.54, 1.807) is 0 Å². The van der Waals surface area contributed by atoms with Crippen molar-refractivity contribution in [3.8, 4) is 0 Å². The number of Topliss-reactive ketones (excluding diaryl/α,β-unsaturated/α-hetero) is 1. The predicted molar refractivity (Wildman–Crippen MR) is 60.3 cm³/mol. The van der Waals surface area contributed by atoms with Gasteiger partial charge in [0.1, 0.15) is 5.60 Å². The SMILES string of the molecule is C[C@]12CCCC(=O)[C@@]1(O)CC[C@@H]2C1OCCO1. The molecule has 2 saturated carbocycles. The van der Waals surface area contributed by atoms with Crippen molar-refractivity contribution in [1.29, 1.82) is 0 Å². The van der Waals surface area contributed by atoms with Gasteiger partial charge in [-0.15, -0.1) is 0 Å². The Kier molecular flexibility index (Phi) is 2.58. The van der Waals surface area contributed by atoms with Crippen molar-refractivity contribution in [2.24, 2.45) is 11.3 Å². The molecular formula is C13H20O4. The van der Waals surface area contributed by atoms with Crippen molar-refractivity contribution in [3.63, 3.8) is 0 Å². The predicted octanol–water partition coefficient (Wildman–Crippen LogP) is 1.26. The van der Waals surface area contributed by atoms with E-state index in [1.807, 2.05) is 6.92 Å². The van der Waals surface area contributed by atoms with Crippen LogP contribution in [0.15, 0.2) is 0 Å². The van der Waals surface area contributed by atoms with Crippen molar-refractivity contribution in [1.82, 2.24) is 0 Å². The van der Waals surface area contributed by atoms with Crippen LogP contribution in [-0.4, -0.2) is 36.0 Å². The number of fused-ring (bicyclic) bond motifs is 1. The summed E-state index contributed by atoms with van der Waals surface area (Å²) in [6.07, 6.45) is 3.45. The molecule has 96 valence electrons. The van der Waals surface area contributed by atoms with Crippen LogP contribution in [0.5, 0.6) is 0 Å². The molecule has 0 spiro atoms. The zero-order chi connectivity index (χ0) is 12.1. The molecule has 4 nitrogen and oxygen atoms in total. The van der Waals surface area contributed by atoms with Crippen LogP contribution in [0, 0.1) is 11.3 Å². The fourth-order valence-corrected chi connectivity index (χ4v) is 3.99. The van der Waals surface area contributed by atoms with Gasteiger partial charge in [0.05, 0.1) is 13.2 Å². The standard InChI is InChI=1S/C13H20O4/c1-12-5-2-3-10(14)13(12,15)6-4-9(12)11-16-7-8-17-11/h9,11,15H,2-8H2,1H3/t9-,12-,13+/m1/s1. The van der Waals surface area contributed by atoms with Gasteiger partial charge >= 0.3 is 0 Å². The van der Waals surface area contributed by atoms with E-state index in [-0.39, 0.29) is 23.4 Å². The van der Waals surface area contributed by atoms with Crippen LogP contribution in [0.3, 0.4) is 0 Å². The maximum atomic E-state index is 12.0. The van der Waals surface area contributed by atoms with Gasteiger partial charge in [-0.1, -0.05) is 6.92 Å². The van der Waals surface area contributed by atoms with Gasteiger partial charge in [-0.25, -0.2) is 0 Å². The van der Waals surface area contributed by atoms with E-state index in [0.717, 1.165) is 19.3 Å². The third kappa shape index (κ3) is 1.44. The number of rotatable bonds is 1. The Balaban J connectivity index is 1.91. The van der Waals surface area contributed by atoms with Crippen molar-refractivity contribution in [2.75, 3.05) is 13.2 Å². The number of carbonyl (C=O) groups is 1. The Labute approximate surface area is 101 Å². The third-order valence-electron chi connectivity index (χ3n) is 5.12. The molecule has 0 aromatic rings. The fraction of sp³-hybridized carbons (Fsp3) is 0.923. The first-order chi connectivity index (χ1) is 8.08. The Morgan fingerprint density at radius 1 is 1.29 bits per heavy atom. The molecule has 0 bridgehead atoms. The Hall–Kier alpha value is -0.450. The highest BCUT2D eigenvalue weighted by molar-refractivity contribution is 5.89. The molecule has 3 fully saturated rings. The van der Waals surface area contributed by atoms with Gasteiger partial charge in [0.25, 0.3) is 0 Å². The number of aliphatic hydroxyl groups is 1. The zero-order valence-electron chi connectivity index (χ0n) is 10.3. The van der Waals surface area contributed by atoms with Crippen molar-refractivity contribution in [2.45, 2.75) is 50.9 Å². The molecule has 0 aromatic heterocycles. The second-order valence-corrected chi connectivity index (χ2v) is 5.81. The second kappa shape index (κ2) is 3.77. The molecule has 0 aromatic carbocycles. The lowest BCUT2D eigenvalue weighted by Gasteiger charge is -2.46. The molecule has 17 heavy (non-hydrogen) atoms. The molecule has 0 amide bonds. The normalized spacial score (nSPS) is 47.4. The van der Waals surface area contributed by atoms with Crippen LogP contribution >= 0.6 is 0 Å². The van der Waals surface area contributed by atoms with Gasteiger partial charge in [0.2, 0.25) is 0 Å².